The van der Waals surface area contributed by atoms with Crippen LogP contribution >= 0.6 is 15.9 Å². The van der Waals surface area contributed by atoms with Crippen LogP contribution in [-0.2, 0) is 6.18 Å². The third-order valence-corrected chi connectivity index (χ3v) is 1.93. The van der Waals surface area contributed by atoms with Gasteiger partial charge in [-0.05, 0) is 22.0 Å². The number of nitrogen functional groups attached to an aromatic ring is 1. The minimum atomic E-state index is -4.59. The van der Waals surface area contributed by atoms with Crippen LogP contribution in [0.15, 0.2) is 15.3 Å². The molecule has 0 aliphatic heterocycles. The quantitative estimate of drug-likeness (QED) is 0.743. The van der Waals surface area contributed by atoms with Gasteiger partial charge in [-0.1, -0.05) is 0 Å². The second kappa shape index (κ2) is 3.06. The van der Waals surface area contributed by atoms with Crippen molar-refractivity contribution in [3.05, 3.63) is 26.6 Å². The Balaban J connectivity index is 3.41. The highest BCUT2D eigenvalue weighted by Gasteiger charge is 2.34. The number of hydrogen-bond donors (Lipinski definition) is 2. The molecule has 0 bridgehead atoms. The molecule has 1 aromatic heterocycles. The maximum atomic E-state index is 12.1. The summed E-state index contributed by atoms with van der Waals surface area (Å²) < 4.78 is 36.1. The average molecular weight is 257 g/mol. The second-order valence-corrected chi connectivity index (χ2v) is 3.13. The van der Waals surface area contributed by atoms with Gasteiger partial charge in [0.2, 0.25) is 0 Å². The van der Waals surface area contributed by atoms with E-state index in [4.69, 9.17) is 5.73 Å². The normalized spacial score (nSPS) is 11.7. The number of aromatic nitrogens is 1. The molecule has 0 spiro atoms. The summed E-state index contributed by atoms with van der Waals surface area (Å²) in [6.45, 7) is 0. The van der Waals surface area contributed by atoms with Crippen molar-refractivity contribution in [2.24, 2.45) is 0 Å². The van der Waals surface area contributed by atoms with E-state index >= 15 is 0 Å². The van der Waals surface area contributed by atoms with Crippen LogP contribution in [-0.4, -0.2) is 4.98 Å². The predicted molar refractivity (Wildman–Crippen MR) is 44.2 cm³/mol. The molecule has 0 saturated carbocycles. The van der Waals surface area contributed by atoms with E-state index in [1.807, 2.05) is 0 Å². The Labute approximate surface area is 78.9 Å². The fourth-order valence-corrected chi connectivity index (χ4v) is 1.30. The molecule has 0 aliphatic carbocycles. The molecule has 0 fully saturated rings. The maximum absolute atomic E-state index is 12.1. The lowest BCUT2D eigenvalue weighted by Gasteiger charge is -2.08. The summed E-state index contributed by atoms with van der Waals surface area (Å²) in [5.74, 6) is 0. The SMILES string of the molecule is Nc1cc(Br)c(C(F)(F)F)[nH]c1=O. The van der Waals surface area contributed by atoms with E-state index in [1.54, 1.807) is 4.98 Å². The fourth-order valence-electron chi connectivity index (χ4n) is 0.726. The third kappa shape index (κ3) is 2.03. The number of nitrogens with one attached hydrogen (secondary N) is 1. The van der Waals surface area contributed by atoms with Gasteiger partial charge in [-0.25, -0.2) is 0 Å². The molecule has 3 nitrogen and oxygen atoms in total. The zero-order valence-electron chi connectivity index (χ0n) is 6.07. The van der Waals surface area contributed by atoms with Gasteiger partial charge in [0.05, 0.1) is 5.69 Å². The molecule has 0 atom stereocenters. The second-order valence-electron chi connectivity index (χ2n) is 2.27. The van der Waals surface area contributed by atoms with Gasteiger partial charge in [0.15, 0.2) is 0 Å². The number of nitrogens with two attached hydrogens (primary N) is 1. The molecule has 1 aromatic rings. The van der Waals surface area contributed by atoms with Crippen LogP contribution in [0.3, 0.4) is 0 Å². The third-order valence-electron chi connectivity index (χ3n) is 1.31. The first-order valence-corrected chi connectivity index (χ1v) is 3.87. The fraction of sp³-hybridized carbons (Fsp3) is 0.167. The van der Waals surface area contributed by atoms with Crippen LogP contribution in [0.4, 0.5) is 18.9 Å². The Bertz CT molecular complexity index is 384. The summed E-state index contributed by atoms with van der Waals surface area (Å²) >= 11 is 2.65. The zero-order chi connectivity index (χ0) is 10.2. The molecule has 0 amide bonds. The Kier molecular flexibility index (Phi) is 2.38. The van der Waals surface area contributed by atoms with E-state index in [9.17, 15) is 18.0 Å². The van der Waals surface area contributed by atoms with E-state index < -0.39 is 17.4 Å². The van der Waals surface area contributed by atoms with Crippen LogP contribution < -0.4 is 11.3 Å². The molecule has 3 N–H and O–H groups in total. The van der Waals surface area contributed by atoms with E-state index in [0.717, 1.165) is 6.07 Å². The lowest BCUT2D eigenvalue weighted by molar-refractivity contribution is -0.141. The van der Waals surface area contributed by atoms with Crippen LogP contribution in [0.1, 0.15) is 5.69 Å². The van der Waals surface area contributed by atoms with Gasteiger partial charge >= 0.3 is 6.18 Å². The van der Waals surface area contributed by atoms with E-state index in [1.165, 1.54) is 0 Å². The van der Waals surface area contributed by atoms with Crippen molar-refractivity contribution in [3.8, 4) is 0 Å². The Morgan fingerprint density at radius 1 is 1.46 bits per heavy atom. The molecular formula is C6H4BrF3N2O. The molecule has 0 unspecified atom stereocenters. The Hall–Kier alpha value is -0.980. The minimum Gasteiger partial charge on any atom is -0.394 e. The van der Waals surface area contributed by atoms with Gasteiger partial charge in [0, 0.05) is 4.47 Å². The summed E-state index contributed by atoms with van der Waals surface area (Å²) in [6, 6.07) is 0.918. The molecule has 0 aromatic carbocycles. The first kappa shape index (κ1) is 10.1. The number of rotatable bonds is 0. The van der Waals surface area contributed by atoms with E-state index in [0.29, 0.717) is 0 Å². The molecule has 0 aliphatic rings. The summed E-state index contributed by atoms with van der Waals surface area (Å²) in [7, 11) is 0. The van der Waals surface area contributed by atoms with Gasteiger partial charge in [0.25, 0.3) is 5.56 Å². The van der Waals surface area contributed by atoms with E-state index in [2.05, 4.69) is 15.9 Å². The lowest BCUT2D eigenvalue weighted by Crippen LogP contribution is -2.19. The van der Waals surface area contributed by atoms with Crippen molar-refractivity contribution in [2.75, 3.05) is 5.73 Å². The number of hydrogen-bond acceptors (Lipinski definition) is 2. The smallest absolute Gasteiger partial charge is 0.394 e. The summed E-state index contributed by atoms with van der Waals surface area (Å²) in [5, 5.41) is 0. The van der Waals surface area contributed by atoms with Crippen molar-refractivity contribution in [1.82, 2.24) is 4.98 Å². The first-order chi connectivity index (χ1) is 5.82. The van der Waals surface area contributed by atoms with Crippen molar-refractivity contribution < 1.29 is 13.2 Å². The highest BCUT2D eigenvalue weighted by atomic mass is 79.9. The number of alkyl halides is 3. The van der Waals surface area contributed by atoms with Gasteiger partial charge < -0.3 is 10.7 Å². The summed E-state index contributed by atoms with van der Waals surface area (Å²) in [5.41, 5.74) is 2.75. The van der Waals surface area contributed by atoms with Crippen molar-refractivity contribution in [1.29, 1.82) is 0 Å². The van der Waals surface area contributed by atoms with Crippen LogP contribution in [0.5, 0.6) is 0 Å². The number of H-pyrrole nitrogens is 1. The molecular weight excluding hydrogens is 253 g/mol. The monoisotopic (exact) mass is 256 g/mol. The average Bonchev–Trinajstić information content (AvgIpc) is 1.94. The van der Waals surface area contributed by atoms with Gasteiger partial charge in [-0.2, -0.15) is 13.2 Å². The predicted octanol–water partition coefficient (Wildman–Crippen LogP) is 1.74. The molecule has 72 valence electrons. The van der Waals surface area contributed by atoms with Crippen molar-refractivity contribution in [3.63, 3.8) is 0 Å². The summed E-state index contributed by atoms with van der Waals surface area (Å²) in [6.07, 6.45) is -4.59. The van der Waals surface area contributed by atoms with Crippen LogP contribution in [0.2, 0.25) is 0 Å². The molecule has 0 radical (unpaired) electrons. The number of pyridine rings is 1. The number of aromatic amines is 1. The molecule has 13 heavy (non-hydrogen) atoms. The minimum absolute atomic E-state index is 0.264. The van der Waals surface area contributed by atoms with E-state index in [-0.39, 0.29) is 10.2 Å². The van der Waals surface area contributed by atoms with Crippen molar-refractivity contribution >= 4 is 21.6 Å². The van der Waals surface area contributed by atoms with Gasteiger partial charge in [-0.15, -0.1) is 0 Å². The maximum Gasteiger partial charge on any atom is 0.432 e. The number of halogens is 4. The zero-order valence-corrected chi connectivity index (χ0v) is 7.66. The van der Waals surface area contributed by atoms with Crippen LogP contribution in [0.25, 0.3) is 0 Å². The number of anilines is 1. The topological polar surface area (TPSA) is 58.9 Å². The largest absolute Gasteiger partial charge is 0.432 e. The van der Waals surface area contributed by atoms with Gasteiger partial charge in [0.1, 0.15) is 5.69 Å². The molecule has 0 saturated heterocycles. The van der Waals surface area contributed by atoms with Gasteiger partial charge in [-0.3, -0.25) is 4.79 Å². The van der Waals surface area contributed by atoms with Crippen LogP contribution in [0, 0.1) is 0 Å². The Morgan fingerprint density at radius 2 is 2.00 bits per heavy atom. The highest BCUT2D eigenvalue weighted by molar-refractivity contribution is 9.10. The lowest BCUT2D eigenvalue weighted by atomic mass is 10.3. The Morgan fingerprint density at radius 3 is 2.46 bits per heavy atom. The first-order valence-electron chi connectivity index (χ1n) is 3.08. The summed E-state index contributed by atoms with van der Waals surface area (Å²) in [4.78, 5) is 12.4. The molecule has 1 heterocycles. The standard InChI is InChI=1S/C6H4BrF3N2O/c7-2-1-3(11)5(13)12-4(2)6(8,9)10/h1H,11H2,(H,12,13). The molecule has 1 rings (SSSR count). The molecule has 7 heteroatoms. The van der Waals surface area contributed by atoms with Crippen molar-refractivity contribution in [2.45, 2.75) is 6.18 Å². The highest BCUT2D eigenvalue weighted by Crippen LogP contribution is 2.32.